The summed E-state index contributed by atoms with van der Waals surface area (Å²) >= 11 is 0. The van der Waals surface area contributed by atoms with Gasteiger partial charge in [-0.2, -0.15) is 0 Å². The van der Waals surface area contributed by atoms with Gasteiger partial charge in [-0.3, -0.25) is 14.4 Å². The van der Waals surface area contributed by atoms with Gasteiger partial charge in [0.15, 0.2) is 35.2 Å². The van der Waals surface area contributed by atoms with Gasteiger partial charge in [0.05, 0.1) is 13.7 Å². The lowest BCUT2D eigenvalue weighted by atomic mass is 9.93. The molecule has 0 spiro atoms. The van der Waals surface area contributed by atoms with Crippen molar-refractivity contribution in [3.8, 4) is 34.5 Å². The third-order valence-electron chi connectivity index (χ3n) is 6.85. The van der Waals surface area contributed by atoms with Gasteiger partial charge in [0.2, 0.25) is 0 Å². The van der Waals surface area contributed by atoms with Crippen molar-refractivity contribution in [1.82, 2.24) is 0 Å². The molecule has 0 aromatic heterocycles. The molecule has 13 nitrogen and oxygen atoms in total. The van der Waals surface area contributed by atoms with Crippen molar-refractivity contribution in [2.45, 2.75) is 51.6 Å². The molecule has 227 valence electrons. The average molecular weight is 603 g/mol. The van der Waals surface area contributed by atoms with Crippen molar-refractivity contribution in [3.05, 3.63) is 81.7 Å². The highest BCUT2D eigenvalue weighted by Crippen LogP contribution is 2.46. The van der Waals surface area contributed by atoms with E-state index in [2.05, 4.69) is 16.1 Å². The van der Waals surface area contributed by atoms with E-state index in [1.165, 1.54) is 33.9 Å². The first-order valence-electron chi connectivity index (χ1n) is 13.6. The van der Waals surface area contributed by atoms with Crippen LogP contribution in [-0.4, -0.2) is 43.8 Å². The maximum absolute atomic E-state index is 12.1. The fraction of sp³-hybridized carbons (Fsp3) is 0.323. The molecule has 3 aromatic rings. The van der Waals surface area contributed by atoms with Crippen LogP contribution in [0.3, 0.4) is 0 Å². The summed E-state index contributed by atoms with van der Waals surface area (Å²) < 4.78 is 40.6. The molecule has 1 radical (unpaired) electrons. The Hall–Kier alpha value is -5.42. The number of nitrogens with zero attached hydrogens (tertiary/aromatic N) is 3. The normalized spacial score (nSPS) is 19.7. The third-order valence-corrected chi connectivity index (χ3v) is 6.85. The Morgan fingerprint density at radius 2 is 1.57 bits per heavy atom. The molecule has 4 atom stereocenters. The Balaban J connectivity index is 1.50. The molecular formula is C31H28N3O10. The predicted octanol–water partition coefficient (Wildman–Crippen LogP) is 5.15. The first-order valence-corrected chi connectivity index (χ1v) is 13.6. The van der Waals surface area contributed by atoms with Gasteiger partial charge in [-0.25, -0.2) is 0 Å². The molecule has 5 rings (SSSR count). The molecule has 2 heterocycles. The van der Waals surface area contributed by atoms with Crippen LogP contribution < -0.4 is 28.4 Å². The number of ether oxygens (including phenoxy) is 7. The fourth-order valence-corrected chi connectivity index (χ4v) is 5.12. The van der Waals surface area contributed by atoms with E-state index in [0.717, 1.165) is 0 Å². The van der Waals surface area contributed by atoms with Crippen LogP contribution >= 0.6 is 0 Å². The molecule has 0 fully saturated rings. The summed E-state index contributed by atoms with van der Waals surface area (Å²) in [6.07, 6.45) is -2.73. The quantitative estimate of drug-likeness (QED) is 0.111. The molecule has 0 amide bonds. The number of hydrogen-bond donors (Lipinski definition) is 0. The summed E-state index contributed by atoms with van der Waals surface area (Å²) in [5.74, 6) is 0.486. The fourth-order valence-electron chi connectivity index (χ4n) is 5.12. The molecule has 2 aliphatic rings. The van der Waals surface area contributed by atoms with Crippen LogP contribution in [0.25, 0.3) is 10.4 Å². The van der Waals surface area contributed by atoms with Crippen LogP contribution in [0.4, 0.5) is 0 Å². The summed E-state index contributed by atoms with van der Waals surface area (Å²) in [7, 11) is 1.44. The zero-order chi connectivity index (χ0) is 31.4. The molecule has 2 aliphatic heterocycles. The third kappa shape index (κ3) is 6.47. The minimum Gasteiger partial charge on any atom is -0.493 e. The summed E-state index contributed by atoms with van der Waals surface area (Å²) in [4.78, 5) is 38.1. The Morgan fingerprint density at radius 3 is 2.27 bits per heavy atom. The number of rotatable bonds is 8. The molecule has 0 bridgehead atoms. The van der Waals surface area contributed by atoms with Gasteiger partial charge in [-0.1, -0.05) is 17.2 Å². The van der Waals surface area contributed by atoms with E-state index < -0.39 is 42.3 Å². The van der Waals surface area contributed by atoms with E-state index in [9.17, 15) is 14.4 Å². The van der Waals surface area contributed by atoms with Crippen LogP contribution in [0.5, 0.6) is 34.5 Å². The van der Waals surface area contributed by atoms with Gasteiger partial charge >= 0.3 is 17.9 Å². The smallest absolute Gasteiger partial charge is 0.308 e. The van der Waals surface area contributed by atoms with Crippen molar-refractivity contribution < 1.29 is 47.5 Å². The number of esters is 3. The van der Waals surface area contributed by atoms with E-state index >= 15 is 0 Å². The Kier molecular flexibility index (Phi) is 8.77. The summed E-state index contributed by atoms with van der Waals surface area (Å²) in [5.41, 5.74) is 10.8. The number of carbonyl (C=O) groups is 3. The van der Waals surface area contributed by atoms with Crippen LogP contribution in [0.15, 0.2) is 53.6 Å². The van der Waals surface area contributed by atoms with Gasteiger partial charge in [-0.05, 0) is 48.0 Å². The minimum absolute atomic E-state index is 0.0332. The number of methoxy groups -OCH3 is 1. The summed E-state index contributed by atoms with van der Waals surface area (Å²) in [5, 5.41) is 3.69. The van der Waals surface area contributed by atoms with Gasteiger partial charge < -0.3 is 33.2 Å². The standard InChI is InChI=1S/C31H28N3O10/c1-16(35)39-22-6-5-7-23-21(22)14-28(41-18(3)37)30(43-23)20-9-11-25-27(13-20)44-31(29(42-25)15-33-34-32)19-8-10-24(40-17(2)36)26(12-19)38-4/h6-13,28-31H,14-15H2,1-4H3/t28-,29+,30+,31+/m0/s1. The molecule has 0 unspecified atom stereocenters. The molecule has 3 aromatic carbocycles. The van der Waals surface area contributed by atoms with Crippen molar-refractivity contribution in [2.75, 3.05) is 13.7 Å². The molecule has 0 aliphatic carbocycles. The zero-order valence-corrected chi connectivity index (χ0v) is 24.3. The minimum atomic E-state index is -0.758. The van der Waals surface area contributed by atoms with Crippen molar-refractivity contribution >= 4 is 17.9 Å². The Labute approximate surface area is 252 Å². The summed E-state index contributed by atoms with van der Waals surface area (Å²) in [6, 6.07) is 16.2. The van der Waals surface area contributed by atoms with Crippen LogP contribution in [0, 0.1) is 6.07 Å². The topological polar surface area (TPSA) is 165 Å². The first-order chi connectivity index (χ1) is 21.2. The Bertz CT molecular complexity index is 1650. The summed E-state index contributed by atoms with van der Waals surface area (Å²) in [6.45, 7) is 3.85. The SMILES string of the molecule is COc1cc([C@H]2Oc3cc([C@H]4Oc5c[c]cc(OC(C)=O)c5C[C@@H]4OC(C)=O)ccc3O[C@@H]2CN=[N+]=[N-])ccc1OC(C)=O. The number of carbonyl (C=O) groups excluding carboxylic acids is 3. The number of azide groups is 1. The number of fused-ring (bicyclic) bond motifs is 2. The molecule has 0 saturated carbocycles. The van der Waals surface area contributed by atoms with Gasteiger partial charge in [-0.15, -0.1) is 0 Å². The molecule has 0 saturated heterocycles. The average Bonchev–Trinajstić information content (AvgIpc) is 2.98. The second-order valence-corrected chi connectivity index (χ2v) is 9.96. The monoisotopic (exact) mass is 602 g/mol. The highest BCUT2D eigenvalue weighted by molar-refractivity contribution is 5.71. The number of benzene rings is 3. The lowest BCUT2D eigenvalue weighted by Gasteiger charge is -2.36. The van der Waals surface area contributed by atoms with Crippen molar-refractivity contribution in [2.24, 2.45) is 5.11 Å². The van der Waals surface area contributed by atoms with Crippen LogP contribution in [0.2, 0.25) is 0 Å². The van der Waals surface area contributed by atoms with Crippen molar-refractivity contribution in [3.63, 3.8) is 0 Å². The second kappa shape index (κ2) is 12.8. The molecule has 44 heavy (non-hydrogen) atoms. The number of hydrogen-bond acceptors (Lipinski definition) is 11. The highest BCUT2D eigenvalue weighted by atomic mass is 16.6. The van der Waals surface area contributed by atoms with E-state index in [1.54, 1.807) is 42.5 Å². The zero-order valence-electron chi connectivity index (χ0n) is 24.3. The lowest BCUT2D eigenvalue weighted by Crippen LogP contribution is -2.36. The van der Waals surface area contributed by atoms with Crippen LogP contribution in [-0.2, 0) is 25.5 Å². The van der Waals surface area contributed by atoms with Gasteiger partial charge in [0.25, 0.3) is 0 Å². The predicted molar refractivity (Wildman–Crippen MR) is 152 cm³/mol. The first kappa shape index (κ1) is 30.1. The van der Waals surface area contributed by atoms with E-state index in [0.29, 0.717) is 39.7 Å². The van der Waals surface area contributed by atoms with E-state index in [4.69, 9.17) is 38.7 Å². The lowest BCUT2D eigenvalue weighted by molar-refractivity contribution is -0.152. The second-order valence-electron chi connectivity index (χ2n) is 9.96. The van der Waals surface area contributed by atoms with Gasteiger partial charge in [0, 0.05) is 48.8 Å². The maximum Gasteiger partial charge on any atom is 0.308 e. The van der Waals surface area contributed by atoms with Crippen LogP contribution in [0.1, 0.15) is 49.7 Å². The molecule has 13 heteroatoms. The van der Waals surface area contributed by atoms with Gasteiger partial charge in [0.1, 0.15) is 23.7 Å². The van der Waals surface area contributed by atoms with E-state index in [-0.39, 0.29) is 24.5 Å². The van der Waals surface area contributed by atoms with Crippen molar-refractivity contribution in [1.29, 1.82) is 0 Å². The highest BCUT2D eigenvalue weighted by Gasteiger charge is 2.38. The largest absolute Gasteiger partial charge is 0.493 e. The maximum atomic E-state index is 12.1. The molecular weight excluding hydrogens is 574 g/mol. The molecule has 0 N–H and O–H groups in total. The Morgan fingerprint density at radius 1 is 0.864 bits per heavy atom. The van der Waals surface area contributed by atoms with E-state index in [1.807, 2.05) is 0 Å².